The third-order valence-electron chi connectivity index (χ3n) is 1.63. The van der Waals surface area contributed by atoms with Crippen LogP contribution >= 0.6 is 11.6 Å². The Balaban J connectivity index is 3.61. The molecule has 0 aromatic heterocycles. The molecule has 15 heavy (non-hydrogen) atoms. The Bertz CT molecular complexity index is 460. The van der Waals surface area contributed by atoms with E-state index < -0.39 is 32.8 Å². The standard InChI is InChI=1S/C8H3ClFNO4/c9-8(13)7-4(3-12)1-5(10)2-6(7)11(14)15/h1-3H. The zero-order valence-electron chi connectivity index (χ0n) is 7.07. The zero-order valence-corrected chi connectivity index (χ0v) is 7.82. The van der Waals surface area contributed by atoms with Crippen molar-refractivity contribution in [2.24, 2.45) is 0 Å². The van der Waals surface area contributed by atoms with Gasteiger partial charge in [0.1, 0.15) is 11.4 Å². The number of nitro groups is 1. The fraction of sp³-hybridized carbons (Fsp3) is 0. The van der Waals surface area contributed by atoms with Crippen LogP contribution in [0.15, 0.2) is 12.1 Å². The molecule has 0 amide bonds. The molecule has 0 saturated heterocycles. The zero-order chi connectivity index (χ0) is 11.6. The van der Waals surface area contributed by atoms with Crippen LogP contribution in [0, 0.1) is 15.9 Å². The van der Waals surface area contributed by atoms with E-state index in [1.807, 2.05) is 0 Å². The van der Waals surface area contributed by atoms with Gasteiger partial charge in [-0.15, -0.1) is 0 Å². The van der Waals surface area contributed by atoms with E-state index in [0.29, 0.717) is 12.1 Å². The molecule has 0 atom stereocenters. The van der Waals surface area contributed by atoms with Crippen LogP contribution in [0.4, 0.5) is 10.1 Å². The van der Waals surface area contributed by atoms with Crippen LogP contribution in [0.3, 0.4) is 0 Å². The van der Waals surface area contributed by atoms with Crippen molar-refractivity contribution >= 4 is 28.8 Å². The molecule has 0 saturated carbocycles. The largest absolute Gasteiger partial charge is 0.298 e. The Labute approximate surface area is 87.6 Å². The first-order valence-corrected chi connectivity index (χ1v) is 3.98. The smallest absolute Gasteiger partial charge is 0.285 e. The molecule has 0 spiro atoms. The lowest BCUT2D eigenvalue weighted by molar-refractivity contribution is -0.385. The van der Waals surface area contributed by atoms with Gasteiger partial charge in [0, 0.05) is 5.56 Å². The second kappa shape index (κ2) is 4.14. The molecule has 1 aromatic carbocycles. The molecule has 0 N–H and O–H groups in total. The first kappa shape index (κ1) is 11.3. The van der Waals surface area contributed by atoms with E-state index in [1.165, 1.54) is 0 Å². The quantitative estimate of drug-likeness (QED) is 0.345. The van der Waals surface area contributed by atoms with E-state index in [2.05, 4.69) is 0 Å². The highest BCUT2D eigenvalue weighted by Crippen LogP contribution is 2.24. The summed E-state index contributed by atoms with van der Waals surface area (Å²) in [5.41, 5.74) is -1.86. The molecule has 7 heteroatoms. The second-order valence-electron chi connectivity index (χ2n) is 2.54. The van der Waals surface area contributed by atoms with Gasteiger partial charge in [-0.1, -0.05) is 0 Å². The van der Waals surface area contributed by atoms with E-state index in [-0.39, 0.29) is 6.29 Å². The van der Waals surface area contributed by atoms with Gasteiger partial charge in [0.2, 0.25) is 0 Å². The van der Waals surface area contributed by atoms with Crippen LogP contribution in [-0.4, -0.2) is 16.5 Å². The summed E-state index contributed by atoms with van der Waals surface area (Å²) in [6.07, 6.45) is 0.131. The Hall–Kier alpha value is -1.82. The molecule has 0 aliphatic rings. The summed E-state index contributed by atoms with van der Waals surface area (Å²) in [7, 11) is 0. The molecule has 0 radical (unpaired) electrons. The number of nitrogens with zero attached hydrogens (tertiary/aromatic N) is 1. The van der Waals surface area contributed by atoms with Gasteiger partial charge in [-0.25, -0.2) is 4.39 Å². The minimum atomic E-state index is -1.18. The lowest BCUT2D eigenvalue weighted by Gasteiger charge is -2.00. The number of hydrogen-bond acceptors (Lipinski definition) is 4. The maximum absolute atomic E-state index is 12.8. The van der Waals surface area contributed by atoms with Gasteiger partial charge >= 0.3 is 0 Å². The number of halogens is 2. The maximum Gasteiger partial charge on any atom is 0.285 e. The number of aldehydes is 1. The lowest BCUT2D eigenvalue weighted by atomic mass is 10.1. The molecule has 0 unspecified atom stereocenters. The fourth-order valence-corrected chi connectivity index (χ4v) is 1.27. The van der Waals surface area contributed by atoms with Crippen LogP contribution in [0.25, 0.3) is 0 Å². The van der Waals surface area contributed by atoms with E-state index >= 15 is 0 Å². The van der Waals surface area contributed by atoms with E-state index in [9.17, 15) is 24.1 Å². The second-order valence-corrected chi connectivity index (χ2v) is 2.88. The van der Waals surface area contributed by atoms with Gasteiger partial charge in [-0.05, 0) is 17.7 Å². The lowest BCUT2D eigenvalue weighted by Crippen LogP contribution is -2.04. The highest BCUT2D eigenvalue weighted by molar-refractivity contribution is 6.68. The number of rotatable bonds is 3. The monoisotopic (exact) mass is 231 g/mol. The molecule has 0 heterocycles. The Morgan fingerprint density at radius 1 is 1.53 bits per heavy atom. The minimum absolute atomic E-state index is 0.131. The average Bonchev–Trinajstić information content (AvgIpc) is 2.15. The third-order valence-corrected chi connectivity index (χ3v) is 1.82. The number of benzene rings is 1. The molecule has 0 bridgehead atoms. The molecule has 1 rings (SSSR count). The molecular formula is C8H3ClFNO4. The van der Waals surface area contributed by atoms with E-state index in [0.717, 1.165) is 0 Å². The summed E-state index contributed by atoms with van der Waals surface area (Å²) in [6, 6.07) is 1.23. The molecule has 78 valence electrons. The normalized spacial score (nSPS) is 9.73. The fourth-order valence-electron chi connectivity index (χ4n) is 1.06. The van der Waals surface area contributed by atoms with Crippen molar-refractivity contribution < 1.29 is 18.9 Å². The SMILES string of the molecule is O=Cc1cc(F)cc([N+](=O)[O-])c1C(=O)Cl. The van der Waals surface area contributed by atoms with Crippen molar-refractivity contribution in [3.8, 4) is 0 Å². The molecule has 5 nitrogen and oxygen atoms in total. The number of carbonyl (C=O) groups excluding carboxylic acids is 2. The Morgan fingerprint density at radius 2 is 2.13 bits per heavy atom. The highest BCUT2D eigenvalue weighted by Gasteiger charge is 2.24. The predicted octanol–water partition coefficient (Wildman–Crippen LogP) is 1.93. The van der Waals surface area contributed by atoms with Gasteiger partial charge in [0.25, 0.3) is 10.9 Å². The first-order valence-electron chi connectivity index (χ1n) is 3.60. The maximum atomic E-state index is 12.8. The molecule has 0 fully saturated rings. The first-order chi connectivity index (χ1) is 6.97. The van der Waals surface area contributed by atoms with Crippen molar-refractivity contribution in [1.82, 2.24) is 0 Å². The van der Waals surface area contributed by atoms with Crippen molar-refractivity contribution in [3.05, 3.63) is 39.2 Å². The van der Waals surface area contributed by atoms with Crippen LogP contribution in [0.1, 0.15) is 20.7 Å². The van der Waals surface area contributed by atoms with Gasteiger partial charge in [-0.3, -0.25) is 19.7 Å². The van der Waals surface area contributed by atoms with Crippen LogP contribution < -0.4 is 0 Å². The summed E-state index contributed by atoms with van der Waals surface area (Å²) >= 11 is 5.06. The van der Waals surface area contributed by atoms with Crippen LogP contribution in [0.5, 0.6) is 0 Å². The summed E-state index contributed by atoms with van der Waals surface area (Å²) in [5.74, 6) is -0.981. The van der Waals surface area contributed by atoms with Gasteiger partial charge < -0.3 is 0 Å². The topological polar surface area (TPSA) is 77.3 Å². The summed E-state index contributed by atoms with van der Waals surface area (Å²) in [5, 5.41) is 9.28. The van der Waals surface area contributed by atoms with Crippen LogP contribution in [0.2, 0.25) is 0 Å². The van der Waals surface area contributed by atoms with Gasteiger partial charge in [-0.2, -0.15) is 0 Å². The number of hydrogen-bond donors (Lipinski definition) is 0. The van der Waals surface area contributed by atoms with Crippen molar-refractivity contribution in [1.29, 1.82) is 0 Å². The Kier molecular flexibility index (Phi) is 3.11. The number of carbonyl (C=O) groups is 2. The molecule has 0 aliphatic heterocycles. The summed E-state index contributed by atoms with van der Waals surface area (Å²) in [4.78, 5) is 30.8. The van der Waals surface area contributed by atoms with E-state index in [4.69, 9.17) is 11.6 Å². The molecular weight excluding hydrogens is 229 g/mol. The average molecular weight is 232 g/mol. The highest BCUT2D eigenvalue weighted by atomic mass is 35.5. The van der Waals surface area contributed by atoms with E-state index in [1.54, 1.807) is 0 Å². The predicted molar refractivity (Wildman–Crippen MR) is 48.6 cm³/mol. The summed E-state index contributed by atoms with van der Waals surface area (Å²) < 4.78 is 12.8. The van der Waals surface area contributed by atoms with Gasteiger partial charge in [0.05, 0.1) is 11.0 Å². The molecule has 0 aliphatic carbocycles. The van der Waals surface area contributed by atoms with Crippen molar-refractivity contribution in [3.63, 3.8) is 0 Å². The summed E-state index contributed by atoms with van der Waals surface area (Å²) in [6.45, 7) is 0. The van der Waals surface area contributed by atoms with Gasteiger partial charge in [0.15, 0.2) is 6.29 Å². The van der Waals surface area contributed by atoms with Crippen LogP contribution in [-0.2, 0) is 0 Å². The third kappa shape index (κ3) is 2.16. The Morgan fingerprint density at radius 3 is 2.53 bits per heavy atom. The van der Waals surface area contributed by atoms with Crippen molar-refractivity contribution in [2.75, 3.05) is 0 Å². The minimum Gasteiger partial charge on any atom is -0.298 e. The molecule has 1 aromatic rings. The number of nitro benzene ring substituents is 1. The van der Waals surface area contributed by atoms with Crippen molar-refractivity contribution in [2.45, 2.75) is 0 Å².